The summed E-state index contributed by atoms with van der Waals surface area (Å²) in [6, 6.07) is 2.93. The number of ether oxygens (including phenoxy) is 1. The van der Waals surface area contributed by atoms with Gasteiger partial charge in [0.15, 0.2) is 17.3 Å². The first-order valence-corrected chi connectivity index (χ1v) is 5.19. The average molecular weight is 274 g/mol. The number of halogens is 1. The van der Waals surface area contributed by atoms with Crippen molar-refractivity contribution >= 4 is 21.7 Å². The van der Waals surface area contributed by atoms with Gasteiger partial charge < -0.3 is 15.6 Å². The molecule has 1 aromatic rings. The number of benzene rings is 1. The quantitative estimate of drug-likeness (QED) is 0.819. The number of carbonyl (C=O) groups excluding carboxylic acids is 1. The zero-order chi connectivity index (χ0) is 11.4. The normalized spacial score (nSPS) is 10.1. The molecule has 0 atom stereocenters. The van der Waals surface area contributed by atoms with Crippen LogP contribution in [0.1, 0.15) is 16.8 Å². The van der Waals surface area contributed by atoms with E-state index in [1.807, 2.05) is 0 Å². The van der Waals surface area contributed by atoms with E-state index in [-0.39, 0.29) is 24.5 Å². The third-order valence-electron chi connectivity index (χ3n) is 1.94. The number of Topliss-reactive ketones (excluding diaryl/α,β-unsaturated/α-hetero) is 1. The molecule has 0 aliphatic carbocycles. The smallest absolute Gasteiger partial charge is 0.165 e. The van der Waals surface area contributed by atoms with Gasteiger partial charge in [-0.1, -0.05) is 0 Å². The minimum atomic E-state index is -0.109. The monoisotopic (exact) mass is 273 g/mol. The van der Waals surface area contributed by atoms with Gasteiger partial charge in [0.1, 0.15) is 0 Å². The van der Waals surface area contributed by atoms with Gasteiger partial charge in [-0.15, -0.1) is 0 Å². The maximum atomic E-state index is 11.6. The number of phenols is 1. The Morgan fingerprint density at radius 3 is 2.80 bits per heavy atom. The Labute approximate surface area is 96.2 Å². The lowest BCUT2D eigenvalue weighted by Gasteiger charge is -2.07. The molecule has 82 valence electrons. The minimum Gasteiger partial charge on any atom is -0.504 e. The van der Waals surface area contributed by atoms with Crippen molar-refractivity contribution in [1.29, 1.82) is 0 Å². The van der Waals surface area contributed by atoms with Gasteiger partial charge in [0.05, 0.1) is 7.11 Å². The Morgan fingerprint density at radius 2 is 2.27 bits per heavy atom. The molecule has 0 fully saturated rings. The van der Waals surface area contributed by atoms with Crippen LogP contribution in [0.15, 0.2) is 16.6 Å². The molecule has 0 heterocycles. The first kappa shape index (κ1) is 12.0. The maximum absolute atomic E-state index is 11.6. The largest absolute Gasteiger partial charge is 0.504 e. The Balaban J connectivity index is 3.10. The van der Waals surface area contributed by atoms with Crippen molar-refractivity contribution in [3.8, 4) is 11.5 Å². The number of nitrogens with two attached hydrogens (primary N) is 1. The van der Waals surface area contributed by atoms with Gasteiger partial charge in [0.2, 0.25) is 0 Å². The number of phenolic OH excluding ortho intramolecular Hbond substituents is 1. The molecule has 0 aliphatic rings. The lowest BCUT2D eigenvalue weighted by molar-refractivity contribution is 0.0984. The first-order chi connectivity index (χ1) is 7.10. The SMILES string of the molecule is COc1cc(Br)c(C(=O)CCN)cc1O. The van der Waals surface area contributed by atoms with E-state index in [9.17, 15) is 9.90 Å². The first-order valence-electron chi connectivity index (χ1n) is 4.40. The van der Waals surface area contributed by atoms with E-state index in [1.54, 1.807) is 6.07 Å². The molecule has 0 saturated heterocycles. The predicted molar refractivity (Wildman–Crippen MR) is 60.4 cm³/mol. The Hall–Kier alpha value is -1.07. The lowest BCUT2D eigenvalue weighted by Crippen LogP contribution is -2.08. The van der Waals surface area contributed by atoms with Crippen molar-refractivity contribution in [3.05, 3.63) is 22.2 Å². The van der Waals surface area contributed by atoms with Crippen molar-refractivity contribution in [2.45, 2.75) is 6.42 Å². The number of ketones is 1. The van der Waals surface area contributed by atoms with Crippen LogP contribution in [0.3, 0.4) is 0 Å². The Kier molecular flexibility index (Phi) is 4.11. The number of hydrogen-bond donors (Lipinski definition) is 2. The van der Waals surface area contributed by atoms with Crippen LogP contribution in [0, 0.1) is 0 Å². The van der Waals surface area contributed by atoms with E-state index in [4.69, 9.17) is 10.5 Å². The molecule has 4 nitrogen and oxygen atoms in total. The van der Waals surface area contributed by atoms with Gasteiger partial charge in [-0.2, -0.15) is 0 Å². The van der Waals surface area contributed by atoms with E-state index >= 15 is 0 Å². The summed E-state index contributed by atoms with van der Waals surface area (Å²) in [5.74, 6) is 0.162. The second-order valence-electron chi connectivity index (χ2n) is 2.97. The molecule has 0 aliphatic heterocycles. The number of aromatic hydroxyl groups is 1. The van der Waals surface area contributed by atoms with Crippen molar-refractivity contribution in [1.82, 2.24) is 0 Å². The summed E-state index contributed by atoms with van der Waals surface area (Å²) in [5.41, 5.74) is 5.70. The summed E-state index contributed by atoms with van der Waals surface area (Å²) < 4.78 is 5.50. The lowest BCUT2D eigenvalue weighted by atomic mass is 10.1. The van der Waals surface area contributed by atoms with Crippen LogP contribution in [-0.4, -0.2) is 24.5 Å². The molecular weight excluding hydrogens is 262 g/mol. The fourth-order valence-electron chi connectivity index (χ4n) is 1.19. The van der Waals surface area contributed by atoms with Gasteiger partial charge in [0.25, 0.3) is 0 Å². The maximum Gasteiger partial charge on any atom is 0.165 e. The third kappa shape index (κ3) is 2.70. The van der Waals surface area contributed by atoms with Crippen molar-refractivity contribution < 1.29 is 14.6 Å². The topological polar surface area (TPSA) is 72.5 Å². The standard InChI is InChI=1S/C10H12BrNO3/c1-15-10-5-7(11)6(4-9(10)14)8(13)2-3-12/h4-5,14H,2-3,12H2,1H3. The number of methoxy groups -OCH3 is 1. The van der Waals surface area contributed by atoms with E-state index in [0.29, 0.717) is 15.8 Å². The van der Waals surface area contributed by atoms with Crippen LogP contribution in [0.25, 0.3) is 0 Å². The zero-order valence-corrected chi connectivity index (χ0v) is 9.87. The van der Waals surface area contributed by atoms with Gasteiger partial charge in [-0.25, -0.2) is 0 Å². The molecule has 3 N–H and O–H groups in total. The van der Waals surface area contributed by atoms with Gasteiger partial charge in [-0.05, 0) is 34.6 Å². The molecule has 15 heavy (non-hydrogen) atoms. The van der Waals surface area contributed by atoms with Crippen LogP contribution in [0.2, 0.25) is 0 Å². The molecule has 0 aromatic heterocycles. The molecular formula is C10H12BrNO3. The van der Waals surface area contributed by atoms with Crippen molar-refractivity contribution in [2.75, 3.05) is 13.7 Å². The van der Waals surface area contributed by atoms with Crippen molar-refractivity contribution in [3.63, 3.8) is 0 Å². The molecule has 0 spiro atoms. The molecule has 0 bridgehead atoms. The second kappa shape index (κ2) is 5.14. The van der Waals surface area contributed by atoms with Crippen LogP contribution in [-0.2, 0) is 0 Å². The Morgan fingerprint density at radius 1 is 1.60 bits per heavy atom. The number of carbonyl (C=O) groups is 1. The number of hydrogen-bond acceptors (Lipinski definition) is 4. The van der Waals surface area contributed by atoms with Crippen LogP contribution >= 0.6 is 15.9 Å². The van der Waals surface area contributed by atoms with Gasteiger partial charge in [-0.3, -0.25) is 4.79 Å². The molecule has 0 unspecified atom stereocenters. The highest BCUT2D eigenvalue weighted by molar-refractivity contribution is 9.10. The highest BCUT2D eigenvalue weighted by atomic mass is 79.9. The second-order valence-corrected chi connectivity index (χ2v) is 3.82. The minimum absolute atomic E-state index is 0.0546. The summed E-state index contributed by atoms with van der Waals surface area (Å²) in [6.07, 6.45) is 0.254. The number of rotatable bonds is 4. The van der Waals surface area contributed by atoms with Crippen LogP contribution in [0.5, 0.6) is 11.5 Å². The molecule has 1 rings (SSSR count). The van der Waals surface area contributed by atoms with E-state index in [0.717, 1.165) is 0 Å². The van der Waals surface area contributed by atoms with Crippen molar-refractivity contribution in [2.24, 2.45) is 5.73 Å². The summed E-state index contributed by atoms with van der Waals surface area (Å²) in [4.78, 5) is 11.6. The van der Waals surface area contributed by atoms with Crippen LogP contribution in [0.4, 0.5) is 0 Å². The summed E-state index contributed by atoms with van der Waals surface area (Å²) >= 11 is 3.24. The van der Waals surface area contributed by atoms with Gasteiger partial charge in [0, 0.05) is 16.5 Å². The molecule has 0 amide bonds. The summed E-state index contributed by atoms with van der Waals surface area (Å²) in [6.45, 7) is 0.290. The predicted octanol–water partition coefficient (Wildman–Crippen LogP) is 1.69. The van der Waals surface area contributed by atoms with E-state index < -0.39 is 0 Å². The van der Waals surface area contributed by atoms with E-state index in [2.05, 4.69) is 15.9 Å². The highest BCUT2D eigenvalue weighted by Gasteiger charge is 2.13. The molecule has 0 saturated carbocycles. The van der Waals surface area contributed by atoms with Crippen LogP contribution < -0.4 is 10.5 Å². The molecule has 1 aromatic carbocycles. The summed E-state index contributed by atoms with van der Waals surface area (Å²) in [7, 11) is 1.45. The fraction of sp³-hybridized carbons (Fsp3) is 0.300. The average Bonchev–Trinajstić information content (AvgIpc) is 2.21. The molecule has 5 heteroatoms. The third-order valence-corrected chi connectivity index (χ3v) is 2.60. The fourth-order valence-corrected chi connectivity index (χ4v) is 1.73. The highest BCUT2D eigenvalue weighted by Crippen LogP contribution is 2.32. The molecule has 0 radical (unpaired) electrons. The Bertz CT molecular complexity index is 379. The van der Waals surface area contributed by atoms with Gasteiger partial charge >= 0.3 is 0 Å². The van der Waals surface area contributed by atoms with E-state index in [1.165, 1.54) is 13.2 Å². The summed E-state index contributed by atoms with van der Waals surface area (Å²) in [5, 5.41) is 9.50. The zero-order valence-electron chi connectivity index (χ0n) is 8.29.